The highest BCUT2D eigenvalue weighted by Crippen LogP contribution is 2.21. The molecule has 1 amide bonds. The zero-order chi connectivity index (χ0) is 15.2. The number of hydrogen-bond acceptors (Lipinski definition) is 3. The molecule has 1 aromatic heterocycles. The number of rotatable bonds is 5. The standard InChI is InChI=1S/C15H15Br2N3O/c1-2-15(21)20-12-5-3-4-11(7-12)18-9-14-13(17)6-10(16)8-19-14/h3-8,18H,2,9H2,1H3,(H,20,21). The maximum Gasteiger partial charge on any atom is 0.224 e. The molecule has 0 radical (unpaired) electrons. The van der Waals surface area contributed by atoms with Gasteiger partial charge in [0, 0.05) is 32.9 Å². The fourth-order valence-corrected chi connectivity index (χ4v) is 2.84. The Morgan fingerprint density at radius 2 is 2.00 bits per heavy atom. The molecule has 0 fully saturated rings. The van der Waals surface area contributed by atoms with Gasteiger partial charge in [0.15, 0.2) is 0 Å². The molecule has 0 saturated heterocycles. The molecule has 2 rings (SSSR count). The van der Waals surface area contributed by atoms with E-state index in [0.717, 1.165) is 26.0 Å². The zero-order valence-electron chi connectivity index (χ0n) is 11.5. The lowest BCUT2D eigenvalue weighted by Gasteiger charge is -2.10. The Balaban J connectivity index is 2.03. The second-order valence-electron chi connectivity index (χ2n) is 4.42. The minimum atomic E-state index is 0.00414. The normalized spacial score (nSPS) is 10.2. The van der Waals surface area contributed by atoms with E-state index in [4.69, 9.17) is 0 Å². The number of nitrogens with one attached hydrogen (secondary N) is 2. The number of anilines is 2. The fraction of sp³-hybridized carbons (Fsp3) is 0.200. The van der Waals surface area contributed by atoms with Gasteiger partial charge in [-0.2, -0.15) is 0 Å². The number of pyridine rings is 1. The van der Waals surface area contributed by atoms with Crippen molar-refractivity contribution in [1.82, 2.24) is 4.98 Å². The van der Waals surface area contributed by atoms with Gasteiger partial charge in [-0.3, -0.25) is 9.78 Å². The summed E-state index contributed by atoms with van der Waals surface area (Å²) in [6.07, 6.45) is 2.23. The molecule has 0 spiro atoms. The van der Waals surface area contributed by atoms with E-state index in [0.29, 0.717) is 13.0 Å². The fourth-order valence-electron chi connectivity index (χ4n) is 1.72. The van der Waals surface area contributed by atoms with E-state index in [-0.39, 0.29) is 5.91 Å². The van der Waals surface area contributed by atoms with Crippen LogP contribution in [0, 0.1) is 0 Å². The average Bonchev–Trinajstić information content (AvgIpc) is 2.46. The van der Waals surface area contributed by atoms with Crippen LogP contribution in [0.4, 0.5) is 11.4 Å². The van der Waals surface area contributed by atoms with Crippen LogP contribution in [0.5, 0.6) is 0 Å². The number of halogens is 2. The molecule has 0 bridgehead atoms. The number of benzene rings is 1. The van der Waals surface area contributed by atoms with Crippen LogP contribution in [0.3, 0.4) is 0 Å². The lowest BCUT2D eigenvalue weighted by atomic mass is 10.2. The number of amides is 1. The molecular formula is C15H15Br2N3O. The number of hydrogen-bond donors (Lipinski definition) is 2. The molecule has 0 aliphatic carbocycles. The van der Waals surface area contributed by atoms with Crippen LogP contribution in [-0.2, 0) is 11.3 Å². The molecule has 0 saturated carbocycles. The predicted octanol–water partition coefficient (Wildman–Crippen LogP) is 4.57. The molecule has 1 aromatic carbocycles. The van der Waals surface area contributed by atoms with Crippen LogP contribution in [-0.4, -0.2) is 10.9 Å². The summed E-state index contributed by atoms with van der Waals surface area (Å²) >= 11 is 6.87. The van der Waals surface area contributed by atoms with E-state index in [1.165, 1.54) is 0 Å². The third kappa shape index (κ3) is 4.82. The predicted molar refractivity (Wildman–Crippen MR) is 92.3 cm³/mol. The monoisotopic (exact) mass is 411 g/mol. The summed E-state index contributed by atoms with van der Waals surface area (Å²) in [6.45, 7) is 2.42. The quantitative estimate of drug-likeness (QED) is 0.756. The SMILES string of the molecule is CCC(=O)Nc1cccc(NCc2ncc(Br)cc2Br)c1. The van der Waals surface area contributed by atoms with Crippen LogP contribution in [0.15, 0.2) is 45.5 Å². The van der Waals surface area contributed by atoms with Crippen molar-refractivity contribution in [2.24, 2.45) is 0 Å². The second-order valence-corrected chi connectivity index (χ2v) is 6.19. The van der Waals surface area contributed by atoms with Crippen molar-refractivity contribution in [3.05, 3.63) is 51.2 Å². The van der Waals surface area contributed by atoms with E-state index < -0.39 is 0 Å². The van der Waals surface area contributed by atoms with Crippen LogP contribution in [0.2, 0.25) is 0 Å². The van der Waals surface area contributed by atoms with Crippen LogP contribution in [0.25, 0.3) is 0 Å². The highest BCUT2D eigenvalue weighted by atomic mass is 79.9. The van der Waals surface area contributed by atoms with Crippen molar-refractivity contribution in [3.8, 4) is 0 Å². The van der Waals surface area contributed by atoms with Gasteiger partial charge in [-0.25, -0.2) is 0 Å². The van der Waals surface area contributed by atoms with Gasteiger partial charge in [0.25, 0.3) is 0 Å². The molecule has 6 heteroatoms. The van der Waals surface area contributed by atoms with Gasteiger partial charge in [-0.15, -0.1) is 0 Å². The Kier molecular flexibility index (Phi) is 5.76. The number of carbonyl (C=O) groups is 1. The first kappa shape index (κ1) is 16.0. The van der Waals surface area contributed by atoms with Crippen LogP contribution >= 0.6 is 31.9 Å². The van der Waals surface area contributed by atoms with Crippen molar-refractivity contribution in [2.45, 2.75) is 19.9 Å². The van der Waals surface area contributed by atoms with Gasteiger partial charge >= 0.3 is 0 Å². The van der Waals surface area contributed by atoms with Gasteiger partial charge in [-0.05, 0) is 56.1 Å². The maximum atomic E-state index is 11.4. The summed E-state index contributed by atoms with van der Waals surface area (Å²) in [5, 5.41) is 6.13. The lowest BCUT2D eigenvalue weighted by Crippen LogP contribution is -2.09. The Morgan fingerprint density at radius 1 is 1.24 bits per heavy atom. The van der Waals surface area contributed by atoms with E-state index in [1.807, 2.05) is 37.3 Å². The van der Waals surface area contributed by atoms with Gasteiger partial charge < -0.3 is 10.6 Å². The summed E-state index contributed by atoms with van der Waals surface area (Å²) in [4.78, 5) is 15.7. The third-order valence-corrected chi connectivity index (χ3v) is 3.93. The van der Waals surface area contributed by atoms with Gasteiger partial charge in [0.05, 0.1) is 12.2 Å². The second kappa shape index (κ2) is 7.56. The van der Waals surface area contributed by atoms with Crippen molar-refractivity contribution in [3.63, 3.8) is 0 Å². The largest absolute Gasteiger partial charge is 0.379 e. The molecule has 0 aliphatic heterocycles. The minimum absolute atomic E-state index is 0.00414. The number of nitrogens with zero attached hydrogens (tertiary/aromatic N) is 1. The van der Waals surface area contributed by atoms with Gasteiger partial charge in [0.2, 0.25) is 5.91 Å². The Labute approximate surface area is 140 Å². The van der Waals surface area contributed by atoms with Crippen molar-refractivity contribution < 1.29 is 4.79 Å². The van der Waals surface area contributed by atoms with E-state index >= 15 is 0 Å². The summed E-state index contributed by atoms with van der Waals surface area (Å²) < 4.78 is 1.88. The molecule has 0 atom stereocenters. The molecule has 2 N–H and O–H groups in total. The van der Waals surface area contributed by atoms with Crippen molar-refractivity contribution >= 4 is 49.1 Å². The van der Waals surface area contributed by atoms with Crippen molar-refractivity contribution in [2.75, 3.05) is 10.6 Å². The first-order valence-corrected chi connectivity index (χ1v) is 8.11. The molecule has 110 valence electrons. The van der Waals surface area contributed by atoms with E-state index in [1.54, 1.807) is 6.20 Å². The van der Waals surface area contributed by atoms with E-state index in [9.17, 15) is 4.79 Å². The summed E-state index contributed by atoms with van der Waals surface area (Å²) in [7, 11) is 0. The topological polar surface area (TPSA) is 54.0 Å². The minimum Gasteiger partial charge on any atom is -0.379 e. The lowest BCUT2D eigenvalue weighted by molar-refractivity contribution is -0.115. The molecule has 0 unspecified atom stereocenters. The molecule has 2 aromatic rings. The van der Waals surface area contributed by atoms with Crippen LogP contribution in [0.1, 0.15) is 19.0 Å². The van der Waals surface area contributed by atoms with Crippen LogP contribution < -0.4 is 10.6 Å². The average molecular weight is 413 g/mol. The smallest absolute Gasteiger partial charge is 0.224 e. The zero-order valence-corrected chi connectivity index (χ0v) is 14.7. The highest BCUT2D eigenvalue weighted by Gasteiger charge is 2.04. The Morgan fingerprint density at radius 3 is 2.71 bits per heavy atom. The van der Waals surface area contributed by atoms with Crippen molar-refractivity contribution in [1.29, 1.82) is 0 Å². The first-order valence-electron chi connectivity index (χ1n) is 6.52. The highest BCUT2D eigenvalue weighted by molar-refractivity contribution is 9.11. The molecule has 4 nitrogen and oxygen atoms in total. The number of carbonyl (C=O) groups excluding carboxylic acids is 1. The summed E-state index contributed by atoms with van der Waals surface area (Å²) in [5.74, 6) is 0.00414. The molecule has 0 aliphatic rings. The van der Waals surface area contributed by atoms with Gasteiger partial charge in [-0.1, -0.05) is 13.0 Å². The summed E-state index contributed by atoms with van der Waals surface area (Å²) in [6, 6.07) is 9.58. The molecule has 1 heterocycles. The summed E-state index contributed by atoms with van der Waals surface area (Å²) in [5.41, 5.74) is 2.64. The number of aromatic nitrogens is 1. The van der Waals surface area contributed by atoms with E-state index in [2.05, 4.69) is 47.5 Å². The van der Waals surface area contributed by atoms with Gasteiger partial charge in [0.1, 0.15) is 0 Å². The Hall–Kier alpha value is -1.40. The maximum absolute atomic E-state index is 11.4. The Bertz CT molecular complexity index is 647. The third-order valence-electron chi connectivity index (χ3n) is 2.81. The molecular weight excluding hydrogens is 398 g/mol. The molecule has 21 heavy (non-hydrogen) atoms. The first-order chi connectivity index (χ1) is 10.1.